The molecule has 0 amide bonds. The second kappa shape index (κ2) is 7.90. The second-order valence-electron chi connectivity index (χ2n) is 7.26. The number of pyridine rings is 1. The van der Waals surface area contributed by atoms with Crippen LogP contribution in [0.15, 0.2) is 67.4 Å². The highest BCUT2D eigenvalue weighted by Crippen LogP contribution is 2.35. The van der Waals surface area contributed by atoms with Gasteiger partial charge in [0.15, 0.2) is 0 Å². The van der Waals surface area contributed by atoms with E-state index in [1.807, 2.05) is 23.0 Å². The summed E-state index contributed by atoms with van der Waals surface area (Å²) in [6.07, 6.45) is 11.2. The first-order valence-electron chi connectivity index (χ1n) is 9.81. The first-order chi connectivity index (χ1) is 14.7. The monoisotopic (exact) mass is 401 g/mol. The Morgan fingerprint density at radius 3 is 2.57 bits per heavy atom. The molecule has 30 heavy (non-hydrogen) atoms. The van der Waals surface area contributed by atoms with E-state index < -0.39 is 0 Å². The molecule has 7 nitrogen and oxygen atoms in total. The van der Waals surface area contributed by atoms with Gasteiger partial charge < -0.3 is 10.6 Å². The van der Waals surface area contributed by atoms with Gasteiger partial charge in [-0.2, -0.15) is 5.10 Å². The maximum Gasteiger partial charge on any atom is 0.150 e. The molecule has 1 aliphatic rings. The Balaban J connectivity index is 1.43. The molecule has 0 saturated heterocycles. The lowest BCUT2D eigenvalue weighted by molar-refractivity contribution is 0.627. The van der Waals surface area contributed by atoms with Crippen molar-refractivity contribution in [1.82, 2.24) is 24.7 Å². The zero-order valence-electron chi connectivity index (χ0n) is 16.2. The number of rotatable bonds is 7. The largest absolute Gasteiger partial charge is 0.366 e. The third-order valence-corrected chi connectivity index (χ3v) is 4.89. The van der Waals surface area contributed by atoms with Gasteiger partial charge in [0, 0.05) is 30.7 Å². The molecule has 1 saturated carbocycles. The molecule has 8 heteroatoms. The Hall–Kier alpha value is -3.81. The van der Waals surface area contributed by atoms with Crippen molar-refractivity contribution in [3.05, 3.63) is 78.8 Å². The van der Waals surface area contributed by atoms with E-state index in [0.29, 0.717) is 30.0 Å². The van der Waals surface area contributed by atoms with Gasteiger partial charge in [0.25, 0.3) is 0 Å². The van der Waals surface area contributed by atoms with Gasteiger partial charge in [0.1, 0.15) is 23.3 Å². The van der Waals surface area contributed by atoms with Gasteiger partial charge in [-0.1, -0.05) is 12.1 Å². The minimum absolute atomic E-state index is 0.248. The van der Waals surface area contributed by atoms with E-state index in [1.54, 1.807) is 30.7 Å². The summed E-state index contributed by atoms with van der Waals surface area (Å²) in [6, 6.07) is 10.9. The van der Waals surface area contributed by atoms with E-state index in [9.17, 15) is 4.39 Å². The normalized spacial score (nSPS) is 13.2. The van der Waals surface area contributed by atoms with Crippen molar-refractivity contribution in [3.8, 4) is 11.1 Å². The van der Waals surface area contributed by atoms with Crippen LogP contribution in [0.25, 0.3) is 11.1 Å². The molecule has 4 aromatic rings. The Morgan fingerprint density at radius 2 is 1.80 bits per heavy atom. The molecular weight excluding hydrogens is 381 g/mol. The van der Waals surface area contributed by atoms with Crippen LogP contribution >= 0.6 is 0 Å². The predicted octanol–water partition coefficient (Wildman–Crippen LogP) is 4.56. The van der Waals surface area contributed by atoms with E-state index in [-0.39, 0.29) is 5.82 Å². The summed E-state index contributed by atoms with van der Waals surface area (Å²) >= 11 is 0. The van der Waals surface area contributed by atoms with Crippen molar-refractivity contribution in [2.24, 2.45) is 0 Å². The van der Waals surface area contributed by atoms with Crippen molar-refractivity contribution in [3.63, 3.8) is 0 Å². The fourth-order valence-electron chi connectivity index (χ4n) is 3.17. The molecule has 0 bridgehead atoms. The van der Waals surface area contributed by atoms with Gasteiger partial charge in [-0.05, 0) is 48.2 Å². The molecule has 0 unspecified atom stereocenters. The van der Waals surface area contributed by atoms with Crippen LogP contribution in [0, 0.1) is 5.82 Å². The van der Waals surface area contributed by atoms with Crippen LogP contribution in [0.4, 0.5) is 21.8 Å². The first kappa shape index (κ1) is 18.2. The van der Waals surface area contributed by atoms with Crippen LogP contribution in [0.1, 0.15) is 24.4 Å². The third kappa shape index (κ3) is 4.27. The molecule has 0 radical (unpaired) electrons. The van der Waals surface area contributed by atoms with E-state index in [1.165, 1.54) is 25.0 Å². The van der Waals surface area contributed by atoms with E-state index in [0.717, 1.165) is 16.7 Å². The van der Waals surface area contributed by atoms with Gasteiger partial charge in [-0.3, -0.25) is 9.67 Å². The standard InChI is InChI=1S/C22H20FN7/c23-18-3-1-15(2-4-18)11-26-20-9-16(17-12-27-30(14-17)19-5-6-19)10-21(28-20)29-22-13-24-7-8-25-22/h1-4,7-10,12-14,19H,5-6,11H2,(H2,25,26,28,29). The molecule has 5 rings (SSSR count). The number of nitrogens with one attached hydrogen (secondary N) is 2. The average Bonchev–Trinajstić information content (AvgIpc) is 3.50. The molecule has 3 heterocycles. The molecule has 0 aliphatic heterocycles. The van der Waals surface area contributed by atoms with Gasteiger partial charge in [0.2, 0.25) is 0 Å². The highest BCUT2D eigenvalue weighted by molar-refractivity contribution is 5.71. The molecule has 1 aromatic carbocycles. The van der Waals surface area contributed by atoms with Gasteiger partial charge >= 0.3 is 0 Å². The molecule has 0 atom stereocenters. The summed E-state index contributed by atoms with van der Waals surface area (Å²) in [5.41, 5.74) is 2.98. The quantitative estimate of drug-likeness (QED) is 0.472. The van der Waals surface area contributed by atoms with Crippen LogP contribution in [0.3, 0.4) is 0 Å². The molecule has 2 N–H and O–H groups in total. The maximum atomic E-state index is 13.2. The van der Waals surface area contributed by atoms with E-state index in [4.69, 9.17) is 0 Å². The minimum atomic E-state index is -0.248. The molecule has 1 fully saturated rings. The van der Waals surface area contributed by atoms with Crippen molar-refractivity contribution in [2.45, 2.75) is 25.4 Å². The zero-order valence-corrected chi connectivity index (χ0v) is 16.2. The Bertz CT molecular complexity index is 1140. The Kier molecular flexibility index (Phi) is 4.80. The number of halogens is 1. The Morgan fingerprint density at radius 1 is 0.967 bits per heavy atom. The fraction of sp³-hybridized carbons (Fsp3) is 0.182. The van der Waals surface area contributed by atoms with Crippen LogP contribution in [-0.2, 0) is 6.54 Å². The van der Waals surface area contributed by atoms with Crippen LogP contribution in [0.2, 0.25) is 0 Å². The van der Waals surface area contributed by atoms with Gasteiger partial charge in [-0.25, -0.2) is 14.4 Å². The topological polar surface area (TPSA) is 80.5 Å². The number of nitrogens with zero attached hydrogens (tertiary/aromatic N) is 5. The predicted molar refractivity (Wildman–Crippen MR) is 113 cm³/mol. The summed E-state index contributed by atoms with van der Waals surface area (Å²) in [7, 11) is 0. The SMILES string of the molecule is Fc1ccc(CNc2cc(-c3cnn(C4CC4)c3)cc(Nc3cnccn3)n2)cc1. The van der Waals surface area contributed by atoms with Crippen LogP contribution < -0.4 is 10.6 Å². The molecule has 1 aliphatic carbocycles. The lowest BCUT2D eigenvalue weighted by atomic mass is 10.1. The average molecular weight is 401 g/mol. The fourth-order valence-corrected chi connectivity index (χ4v) is 3.17. The highest BCUT2D eigenvalue weighted by Gasteiger charge is 2.24. The lowest BCUT2D eigenvalue weighted by Crippen LogP contribution is -2.04. The molecule has 3 aromatic heterocycles. The molecule has 0 spiro atoms. The van der Waals surface area contributed by atoms with E-state index >= 15 is 0 Å². The summed E-state index contributed by atoms with van der Waals surface area (Å²) in [5, 5.41) is 11.0. The maximum absolute atomic E-state index is 13.2. The molecule has 150 valence electrons. The van der Waals surface area contributed by atoms with Crippen molar-refractivity contribution in [1.29, 1.82) is 0 Å². The number of benzene rings is 1. The summed E-state index contributed by atoms with van der Waals surface area (Å²) in [5.74, 6) is 1.71. The second-order valence-corrected chi connectivity index (χ2v) is 7.26. The highest BCUT2D eigenvalue weighted by atomic mass is 19.1. The first-order valence-corrected chi connectivity index (χ1v) is 9.81. The van der Waals surface area contributed by atoms with E-state index in [2.05, 4.69) is 36.9 Å². The van der Waals surface area contributed by atoms with Gasteiger partial charge in [0.05, 0.1) is 18.4 Å². The minimum Gasteiger partial charge on any atom is -0.366 e. The van der Waals surface area contributed by atoms with Crippen LogP contribution in [0.5, 0.6) is 0 Å². The number of anilines is 3. The smallest absolute Gasteiger partial charge is 0.150 e. The summed E-state index contributed by atoms with van der Waals surface area (Å²) < 4.78 is 15.2. The number of aromatic nitrogens is 5. The summed E-state index contributed by atoms with van der Waals surface area (Å²) in [4.78, 5) is 13.0. The summed E-state index contributed by atoms with van der Waals surface area (Å²) in [6.45, 7) is 0.530. The van der Waals surface area contributed by atoms with Crippen LogP contribution in [-0.4, -0.2) is 24.7 Å². The van der Waals surface area contributed by atoms with Crippen molar-refractivity contribution in [2.75, 3.05) is 10.6 Å². The zero-order chi connectivity index (χ0) is 20.3. The Labute approximate surface area is 173 Å². The van der Waals surface area contributed by atoms with Crippen molar-refractivity contribution < 1.29 is 4.39 Å². The van der Waals surface area contributed by atoms with Crippen molar-refractivity contribution >= 4 is 17.5 Å². The number of hydrogen-bond acceptors (Lipinski definition) is 6. The van der Waals surface area contributed by atoms with Gasteiger partial charge in [-0.15, -0.1) is 0 Å². The third-order valence-electron chi connectivity index (χ3n) is 4.89. The molecular formula is C22H20FN7. The number of hydrogen-bond donors (Lipinski definition) is 2. The lowest BCUT2D eigenvalue weighted by Gasteiger charge is -2.11.